The van der Waals surface area contributed by atoms with E-state index in [4.69, 9.17) is 0 Å². The number of benzene rings is 1. The lowest BCUT2D eigenvalue weighted by molar-refractivity contribution is -0.394. The van der Waals surface area contributed by atoms with Gasteiger partial charge < -0.3 is 5.32 Å². The molecule has 11 heteroatoms. The highest BCUT2D eigenvalue weighted by Crippen LogP contribution is 2.22. The highest BCUT2D eigenvalue weighted by Gasteiger charge is 2.19. The molecule has 0 aliphatic carbocycles. The largest absolute Gasteiger partial charge is 0.350 e. The van der Waals surface area contributed by atoms with Gasteiger partial charge in [0.1, 0.15) is 0 Å². The minimum Gasteiger partial charge on any atom is -0.350 e. The van der Waals surface area contributed by atoms with Gasteiger partial charge in [0.15, 0.2) is 0 Å². The van der Waals surface area contributed by atoms with Gasteiger partial charge in [0.2, 0.25) is 0 Å². The summed E-state index contributed by atoms with van der Waals surface area (Å²) in [4.78, 5) is 47.7. The molecule has 2 rings (SSSR count). The average Bonchev–Trinajstić information content (AvgIpc) is 2.56. The number of hydrogen-bond acceptors (Lipinski definition) is 7. The van der Waals surface area contributed by atoms with Gasteiger partial charge in [0.25, 0.3) is 22.8 Å². The van der Waals surface area contributed by atoms with Crippen LogP contribution in [0.2, 0.25) is 0 Å². The van der Waals surface area contributed by atoms with Crippen molar-refractivity contribution in [2.45, 2.75) is 13.5 Å². The van der Waals surface area contributed by atoms with E-state index in [-0.39, 0.29) is 24.2 Å². The van der Waals surface area contributed by atoms with Crippen LogP contribution in [0.3, 0.4) is 0 Å². The number of non-ortho nitro benzene ring substituents is 2. The van der Waals surface area contributed by atoms with Crippen LogP contribution < -0.4 is 10.9 Å². The number of aromatic nitrogens is 2. The zero-order chi connectivity index (χ0) is 18.6. The molecule has 130 valence electrons. The molecule has 1 aromatic carbocycles. The molecule has 1 heterocycles. The number of carbonyl (C=O) groups is 1. The highest BCUT2D eigenvalue weighted by atomic mass is 16.6. The van der Waals surface area contributed by atoms with E-state index >= 15 is 0 Å². The lowest BCUT2D eigenvalue weighted by Crippen LogP contribution is -2.31. The number of hydrogen-bond donors (Lipinski definition) is 1. The number of nitrogens with zero attached hydrogens (tertiary/aromatic N) is 4. The summed E-state index contributed by atoms with van der Waals surface area (Å²) in [5.41, 5.74) is -1.05. The first-order chi connectivity index (χ1) is 11.8. The van der Waals surface area contributed by atoms with Crippen LogP contribution >= 0.6 is 0 Å². The summed E-state index contributed by atoms with van der Waals surface area (Å²) >= 11 is 0. The maximum absolute atomic E-state index is 12.1. The summed E-state index contributed by atoms with van der Waals surface area (Å²) in [6.45, 7) is 1.84. The second-order valence-electron chi connectivity index (χ2n) is 5.07. The van der Waals surface area contributed by atoms with Crippen LogP contribution in [0, 0.1) is 27.2 Å². The first-order valence-electron chi connectivity index (χ1n) is 7.03. The maximum atomic E-state index is 12.1. The summed E-state index contributed by atoms with van der Waals surface area (Å²) in [5.74, 6) is -0.722. The number of carbonyl (C=O) groups excluding carboxylic acids is 1. The number of amides is 1. The molecule has 1 aromatic heterocycles. The molecule has 0 unspecified atom stereocenters. The van der Waals surface area contributed by atoms with Crippen LogP contribution in [0.15, 0.2) is 35.4 Å². The van der Waals surface area contributed by atoms with E-state index in [1.807, 2.05) is 0 Å². The van der Waals surface area contributed by atoms with Gasteiger partial charge in [0.05, 0.1) is 27.8 Å². The van der Waals surface area contributed by atoms with Gasteiger partial charge in [-0.15, -0.1) is 0 Å². The molecule has 0 bridgehead atoms. The van der Waals surface area contributed by atoms with Crippen LogP contribution in [0.5, 0.6) is 0 Å². The van der Waals surface area contributed by atoms with Gasteiger partial charge in [0, 0.05) is 37.0 Å². The van der Waals surface area contributed by atoms with Crippen molar-refractivity contribution in [3.8, 4) is 0 Å². The van der Waals surface area contributed by atoms with Crippen molar-refractivity contribution in [2.24, 2.45) is 0 Å². The van der Waals surface area contributed by atoms with Gasteiger partial charge in [-0.05, 0) is 6.92 Å². The van der Waals surface area contributed by atoms with Crippen LogP contribution in [-0.4, -0.2) is 31.8 Å². The Kier molecular flexibility index (Phi) is 5.17. The molecule has 0 fully saturated rings. The molecule has 2 aromatic rings. The third kappa shape index (κ3) is 4.43. The summed E-state index contributed by atoms with van der Waals surface area (Å²) in [5, 5.41) is 24.1. The van der Waals surface area contributed by atoms with Gasteiger partial charge in [-0.1, -0.05) is 0 Å². The Morgan fingerprint density at radius 3 is 2.28 bits per heavy atom. The number of nitro groups is 2. The molecule has 0 saturated carbocycles. The predicted octanol–water partition coefficient (Wildman–Crippen LogP) is 0.798. The Hall–Kier alpha value is -3.63. The van der Waals surface area contributed by atoms with E-state index in [2.05, 4.69) is 10.3 Å². The van der Waals surface area contributed by atoms with Crippen molar-refractivity contribution in [1.29, 1.82) is 0 Å². The second kappa shape index (κ2) is 7.29. The van der Waals surface area contributed by atoms with Crippen molar-refractivity contribution in [3.63, 3.8) is 0 Å². The normalized spacial score (nSPS) is 10.3. The Bertz CT molecular complexity index is 875. The first-order valence-corrected chi connectivity index (χ1v) is 7.03. The second-order valence-corrected chi connectivity index (χ2v) is 5.07. The Morgan fingerprint density at radius 1 is 1.16 bits per heavy atom. The van der Waals surface area contributed by atoms with Gasteiger partial charge in [-0.2, -0.15) is 0 Å². The fraction of sp³-hybridized carbons (Fsp3) is 0.214. The quantitative estimate of drug-likeness (QED) is 0.599. The molecular weight excluding hydrogens is 334 g/mol. The molecule has 0 spiro atoms. The van der Waals surface area contributed by atoms with Gasteiger partial charge in [-0.3, -0.25) is 34.4 Å². The Labute approximate surface area is 140 Å². The van der Waals surface area contributed by atoms with Crippen molar-refractivity contribution in [2.75, 3.05) is 6.54 Å². The first kappa shape index (κ1) is 17.7. The highest BCUT2D eigenvalue weighted by molar-refractivity contribution is 5.95. The minimum atomic E-state index is -0.818. The van der Waals surface area contributed by atoms with E-state index in [9.17, 15) is 29.8 Å². The SMILES string of the molecule is Cc1cc(=O)n(CCNC(=O)c2cc([N+](=O)[O-])cc([N+](=O)[O-])c2)cn1. The molecule has 1 N–H and O–H groups in total. The molecule has 0 aliphatic rings. The molecule has 0 saturated heterocycles. The summed E-state index contributed by atoms with van der Waals surface area (Å²) in [7, 11) is 0. The number of rotatable bonds is 6. The molecular formula is C14H13N5O6. The van der Waals surface area contributed by atoms with E-state index in [1.54, 1.807) is 6.92 Å². The standard InChI is InChI=1S/C14H13N5O6/c1-9-4-13(20)17(8-16-9)3-2-15-14(21)10-5-11(18(22)23)7-12(6-10)19(24)25/h4-8H,2-3H2,1H3,(H,15,21). The van der Waals surface area contributed by atoms with E-state index in [1.165, 1.54) is 17.0 Å². The van der Waals surface area contributed by atoms with Crippen LogP contribution in [0.25, 0.3) is 0 Å². The summed E-state index contributed by atoms with van der Waals surface area (Å²) < 4.78 is 1.28. The van der Waals surface area contributed by atoms with E-state index in [0.717, 1.165) is 18.2 Å². The predicted molar refractivity (Wildman–Crippen MR) is 85.3 cm³/mol. The van der Waals surface area contributed by atoms with Crippen LogP contribution in [0.4, 0.5) is 11.4 Å². The van der Waals surface area contributed by atoms with E-state index in [0.29, 0.717) is 5.69 Å². The smallest absolute Gasteiger partial charge is 0.277 e. The van der Waals surface area contributed by atoms with Crippen molar-refractivity contribution >= 4 is 17.3 Å². The maximum Gasteiger partial charge on any atom is 0.277 e. The number of nitro benzene ring substituents is 2. The molecule has 0 aliphatic heterocycles. The monoisotopic (exact) mass is 347 g/mol. The number of nitrogens with one attached hydrogen (secondary N) is 1. The third-order valence-corrected chi connectivity index (χ3v) is 3.24. The molecule has 0 atom stereocenters. The lowest BCUT2D eigenvalue weighted by Gasteiger charge is -2.07. The van der Waals surface area contributed by atoms with Gasteiger partial charge in [-0.25, -0.2) is 4.98 Å². The Balaban J connectivity index is 2.11. The summed E-state index contributed by atoms with van der Waals surface area (Å²) in [6.07, 6.45) is 1.34. The van der Waals surface area contributed by atoms with Crippen molar-refractivity contribution in [3.05, 3.63) is 72.4 Å². The zero-order valence-corrected chi connectivity index (χ0v) is 13.0. The Morgan fingerprint density at radius 2 is 1.76 bits per heavy atom. The van der Waals surface area contributed by atoms with Gasteiger partial charge >= 0.3 is 0 Å². The molecule has 1 amide bonds. The molecule has 11 nitrogen and oxygen atoms in total. The third-order valence-electron chi connectivity index (χ3n) is 3.24. The number of aryl methyl sites for hydroxylation is 1. The lowest BCUT2D eigenvalue weighted by atomic mass is 10.1. The average molecular weight is 347 g/mol. The van der Waals surface area contributed by atoms with Crippen molar-refractivity contribution < 1.29 is 14.6 Å². The molecule has 25 heavy (non-hydrogen) atoms. The minimum absolute atomic E-state index is 0.0416. The topological polar surface area (TPSA) is 150 Å². The molecule has 0 radical (unpaired) electrons. The van der Waals surface area contributed by atoms with E-state index < -0.39 is 27.1 Å². The van der Waals surface area contributed by atoms with Crippen LogP contribution in [-0.2, 0) is 6.54 Å². The fourth-order valence-electron chi connectivity index (χ4n) is 2.01. The van der Waals surface area contributed by atoms with Crippen molar-refractivity contribution in [1.82, 2.24) is 14.9 Å². The zero-order valence-electron chi connectivity index (χ0n) is 13.0. The van der Waals surface area contributed by atoms with Crippen LogP contribution in [0.1, 0.15) is 16.1 Å². The fourth-order valence-corrected chi connectivity index (χ4v) is 2.01. The summed E-state index contributed by atoms with van der Waals surface area (Å²) in [6, 6.07) is 4.00.